The van der Waals surface area contributed by atoms with E-state index in [0.717, 1.165) is 5.03 Å². The summed E-state index contributed by atoms with van der Waals surface area (Å²) in [7, 11) is 3.05. The summed E-state index contributed by atoms with van der Waals surface area (Å²) in [5, 5.41) is 14.6. The molecule has 2 rings (SSSR count). The summed E-state index contributed by atoms with van der Waals surface area (Å²) in [5.74, 6) is -0.331. The quantitative estimate of drug-likeness (QED) is 0.259. The number of aromatic hydroxyl groups is 1. The molecule has 0 spiro atoms. The second kappa shape index (κ2) is 8.33. The lowest BCUT2D eigenvalue weighted by Gasteiger charge is -2.10. The number of nitrogens with two attached hydrogens (primary N) is 1. The Labute approximate surface area is 140 Å². The first kappa shape index (κ1) is 17.0. The van der Waals surface area contributed by atoms with Crippen molar-refractivity contribution >= 4 is 33.2 Å². The molecule has 0 saturated carbocycles. The van der Waals surface area contributed by atoms with Crippen molar-refractivity contribution in [3.05, 3.63) is 58.1 Å². The number of carbonyl (C=O) groups excluding carboxylic acids is 1. The van der Waals surface area contributed by atoms with Gasteiger partial charge in [-0.3, -0.25) is 4.79 Å². The van der Waals surface area contributed by atoms with Crippen LogP contribution in [-0.2, 0) is 6.42 Å². The van der Waals surface area contributed by atoms with Gasteiger partial charge in [0.15, 0.2) is 0 Å². The molecule has 0 atom stereocenters. The normalized spacial score (nSPS) is 10.1. The van der Waals surface area contributed by atoms with Gasteiger partial charge in [0.25, 0.3) is 5.91 Å². The third-order valence-corrected chi connectivity index (χ3v) is 5.16. The fourth-order valence-electron chi connectivity index (χ4n) is 1.85. The lowest BCUT2D eigenvalue weighted by atomic mass is 10.0. The third-order valence-electron chi connectivity index (χ3n) is 2.89. The van der Waals surface area contributed by atoms with E-state index in [1.54, 1.807) is 17.0 Å². The van der Waals surface area contributed by atoms with Gasteiger partial charge in [-0.25, -0.2) is 4.98 Å². The zero-order chi connectivity index (χ0) is 16.7. The Morgan fingerprint density at radius 2 is 2.22 bits per heavy atom. The van der Waals surface area contributed by atoms with Gasteiger partial charge in [-0.15, -0.1) is 0 Å². The average Bonchev–Trinajstić information content (AvgIpc) is 2.54. The molecule has 1 aromatic carbocycles. The largest absolute Gasteiger partial charge is 0.507 e. The molecule has 0 unspecified atom stereocenters. The highest BCUT2D eigenvalue weighted by Crippen LogP contribution is 2.35. The van der Waals surface area contributed by atoms with E-state index in [2.05, 4.69) is 15.0 Å². The van der Waals surface area contributed by atoms with Crippen molar-refractivity contribution in [1.82, 2.24) is 4.98 Å². The van der Waals surface area contributed by atoms with E-state index in [-0.39, 0.29) is 11.3 Å². The number of benzene rings is 1. The molecule has 2 aromatic rings. The number of pyridine rings is 1. The molecule has 23 heavy (non-hydrogen) atoms. The number of carbonyl (C=O) groups is 1. The first-order valence-electron chi connectivity index (χ1n) is 6.53. The van der Waals surface area contributed by atoms with Gasteiger partial charge >= 0.3 is 0 Å². The predicted octanol–water partition coefficient (Wildman–Crippen LogP) is 3.81. The van der Waals surface area contributed by atoms with Crippen LogP contribution in [0.2, 0.25) is 0 Å². The highest BCUT2D eigenvalue weighted by molar-refractivity contribution is 8.76. The highest BCUT2D eigenvalue weighted by atomic mass is 33.1. The number of phenols is 1. The van der Waals surface area contributed by atoms with Crippen molar-refractivity contribution < 1.29 is 9.90 Å². The van der Waals surface area contributed by atoms with Crippen LogP contribution in [0.1, 0.15) is 15.9 Å². The standard InChI is InChI=1S/C14H13N5O2S2/c15-14(21)10-4-5-11(18-19-16)9(13(10)20)6-8-22-23-12-3-1-2-7-17-12/h1-5,7,20H,6,8H2,(H2,15,21). The Morgan fingerprint density at radius 3 is 2.87 bits per heavy atom. The molecule has 9 heteroatoms. The molecule has 1 aromatic heterocycles. The van der Waals surface area contributed by atoms with Crippen molar-refractivity contribution in [3.63, 3.8) is 0 Å². The van der Waals surface area contributed by atoms with Crippen molar-refractivity contribution in [2.45, 2.75) is 11.4 Å². The van der Waals surface area contributed by atoms with Crippen LogP contribution >= 0.6 is 21.6 Å². The molecule has 1 heterocycles. The van der Waals surface area contributed by atoms with Crippen LogP contribution in [0.15, 0.2) is 46.7 Å². The number of amides is 1. The monoisotopic (exact) mass is 347 g/mol. The van der Waals surface area contributed by atoms with E-state index >= 15 is 0 Å². The number of azide groups is 1. The van der Waals surface area contributed by atoms with Crippen LogP contribution in [0.25, 0.3) is 10.4 Å². The summed E-state index contributed by atoms with van der Waals surface area (Å²) in [6, 6.07) is 8.46. The topological polar surface area (TPSA) is 125 Å². The molecular formula is C14H13N5O2S2. The molecule has 118 valence electrons. The van der Waals surface area contributed by atoms with E-state index in [1.807, 2.05) is 18.2 Å². The second-order valence-electron chi connectivity index (χ2n) is 4.34. The first-order valence-corrected chi connectivity index (χ1v) is 8.85. The van der Waals surface area contributed by atoms with Crippen LogP contribution in [0, 0.1) is 0 Å². The maximum atomic E-state index is 11.3. The molecule has 7 nitrogen and oxygen atoms in total. The summed E-state index contributed by atoms with van der Waals surface area (Å²) in [6.45, 7) is 0. The number of rotatable bonds is 7. The van der Waals surface area contributed by atoms with Gasteiger partial charge in [0, 0.05) is 28.1 Å². The van der Waals surface area contributed by atoms with Gasteiger partial charge in [0.1, 0.15) is 10.8 Å². The Hall–Kier alpha value is -2.35. The van der Waals surface area contributed by atoms with Crippen LogP contribution in [-0.4, -0.2) is 21.8 Å². The van der Waals surface area contributed by atoms with Crippen LogP contribution in [0.3, 0.4) is 0 Å². The van der Waals surface area contributed by atoms with E-state index in [0.29, 0.717) is 23.4 Å². The van der Waals surface area contributed by atoms with Crippen LogP contribution in [0.5, 0.6) is 5.75 Å². The van der Waals surface area contributed by atoms with Crippen LogP contribution in [0.4, 0.5) is 5.69 Å². The lowest BCUT2D eigenvalue weighted by molar-refractivity contribution is 0.0997. The predicted molar refractivity (Wildman–Crippen MR) is 91.7 cm³/mol. The minimum absolute atomic E-state index is 0.0132. The number of hydrogen-bond acceptors (Lipinski definition) is 6. The zero-order valence-electron chi connectivity index (χ0n) is 11.9. The van der Waals surface area contributed by atoms with Gasteiger partial charge in [-0.05, 0) is 40.9 Å². The summed E-state index contributed by atoms with van der Waals surface area (Å²) in [4.78, 5) is 18.2. The number of aromatic nitrogens is 1. The smallest absolute Gasteiger partial charge is 0.252 e. The van der Waals surface area contributed by atoms with Crippen LogP contribution < -0.4 is 5.73 Å². The Kier molecular flexibility index (Phi) is 6.16. The Morgan fingerprint density at radius 1 is 1.39 bits per heavy atom. The van der Waals surface area contributed by atoms with Gasteiger partial charge < -0.3 is 10.8 Å². The molecule has 0 aliphatic rings. The first-order chi connectivity index (χ1) is 11.1. The molecule has 0 saturated heterocycles. The molecule has 0 aliphatic carbocycles. The Bertz CT molecular complexity index is 748. The minimum Gasteiger partial charge on any atom is -0.507 e. The van der Waals surface area contributed by atoms with Gasteiger partial charge in [-0.1, -0.05) is 28.0 Å². The van der Waals surface area contributed by atoms with Crippen molar-refractivity contribution in [3.8, 4) is 5.75 Å². The maximum absolute atomic E-state index is 11.3. The van der Waals surface area contributed by atoms with E-state index in [1.165, 1.54) is 22.9 Å². The van der Waals surface area contributed by atoms with Gasteiger partial charge in [0.05, 0.1) is 5.56 Å². The SMILES string of the molecule is [N-]=[N+]=Nc1ccc(C(N)=O)c(O)c1CCSSc1ccccn1. The van der Waals surface area contributed by atoms with E-state index in [9.17, 15) is 9.90 Å². The minimum atomic E-state index is -0.730. The fraction of sp³-hybridized carbons (Fsp3) is 0.143. The highest BCUT2D eigenvalue weighted by Gasteiger charge is 2.15. The molecule has 0 radical (unpaired) electrons. The van der Waals surface area contributed by atoms with Gasteiger partial charge in [-0.2, -0.15) is 0 Å². The number of hydrogen-bond donors (Lipinski definition) is 2. The fourth-order valence-corrected chi connectivity index (χ4v) is 3.74. The van der Waals surface area contributed by atoms with Gasteiger partial charge in [0.2, 0.25) is 0 Å². The third kappa shape index (κ3) is 4.56. The average molecular weight is 347 g/mol. The van der Waals surface area contributed by atoms with E-state index in [4.69, 9.17) is 11.3 Å². The molecular weight excluding hydrogens is 334 g/mol. The van der Waals surface area contributed by atoms with Crippen molar-refractivity contribution in [1.29, 1.82) is 0 Å². The maximum Gasteiger partial charge on any atom is 0.252 e. The second-order valence-corrected chi connectivity index (χ2v) is 6.77. The Balaban J connectivity index is 2.09. The van der Waals surface area contributed by atoms with Crippen molar-refractivity contribution in [2.75, 3.05) is 5.75 Å². The molecule has 1 amide bonds. The molecule has 0 bridgehead atoms. The summed E-state index contributed by atoms with van der Waals surface area (Å²) >= 11 is 0. The lowest BCUT2D eigenvalue weighted by Crippen LogP contribution is -2.11. The summed E-state index contributed by atoms with van der Waals surface area (Å²) in [5.41, 5.74) is 14.5. The summed E-state index contributed by atoms with van der Waals surface area (Å²) < 4.78 is 0. The molecule has 3 N–H and O–H groups in total. The number of primary amides is 1. The molecule has 0 fully saturated rings. The number of nitrogens with zero attached hydrogens (tertiary/aromatic N) is 4. The molecule has 0 aliphatic heterocycles. The summed E-state index contributed by atoms with van der Waals surface area (Å²) in [6.07, 6.45) is 2.14. The van der Waals surface area contributed by atoms with E-state index < -0.39 is 5.91 Å². The zero-order valence-corrected chi connectivity index (χ0v) is 13.5. The van der Waals surface area contributed by atoms with Crippen molar-refractivity contribution in [2.24, 2.45) is 10.8 Å².